The summed E-state index contributed by atoms with van der Waals surface area (Å²) >= 11 is 0. The Balaban J connectivity index is 2.69. The first kappa shape index (κ1) is 18.0. The van der Waals surface area contributed by atoms with Gasteiger partial charge in [-0.2, -0.15) is 0 Å². The molecule has 1 unspecified atom stereocenters. The Labute approximate surface area is 128 Å². The molecule has 0 saturated carbocycles. The lowest BCUT2D eigenvalue weighted by molar-refractivity contribution is -0.149. The Morgan fingerprint density at radius 2 is 1.81 bits per heavy atom. The molecule has 1 atom stereocenters. The first-order chi connectivity index (χ1) is 9.73. The molecule has 1 saturated heterocycles. The molecule has 1 heterocycles. The van der Waals surface area contributed by atoms with Gasteiger partial charge in [-0.25, -0.2) is 0 Å². The minimum absolute atomic E-state index is 0.0951. The van der Waals surface area contributed by atoms with E-state index in [1.54, 1.807) is 0 Å². The molecule has 1 aliphatic heterocycles. The Morgan fingerprint density at radius 3 is 2.24 bits per heavy atom. The quantitative estimate of drug-likeness (QED) is 0.783. The van der Waals surface area contributed by atoms with Crippen molar-refractivity contribution in [2.45, 2.75) is 66.0 Å². The summed E-state index contributed by atoms with van der Waals surface area (Å²) in [7, 11) is 0. The molecule has 0 aromatic heterocycles. The van der Waals surface area contributed by atoms with Crippen molar-refractivity contribution in [1.82, 2.24) is 9.80 Å². The number of hydrogen-bond donors (Lipinski definition) is 1. The zero-order chi connectivity index (χ0) is 16.2. The van der Waals surface area contributed by atoms with Crippen LogP contribution >= 0.6 is 0 Å². The standard InChI is InChI=1S/C16H30N2O3/c1-6-7-16(15(20)21)8-9-17(11-16)10-14(19)18(12(2)3)13(4)5/h12-13H,6-11H2,1-5H3,(H,20,21). The number of carbonyl (C=O) groups is 2. The van der Waals surface area contributed by atoms with Gasteiger partial charge in [0.25, 0.3) is 0 Å². The molecule has 0 radical (unpaired) electrons. The zero-order valence-electron chi connectivity index (χ0n) is 14.1. The maximum Gasteiger partial charge on any atom is 0.310 e. The van der Waals surface area contributed by atoms with E-state index >= 15 is 0 Å². The van der Waals surface area contributed by atoms with Gasteiger partial charge in [0.1, 0.15) is 0 Å². The number of carbonyl (C=O) groups excluding carboxylic acids is 1. The van der Waals surface area contributed by atoms with Crippen molar-refractivity contribution in [2.24, 2.45) is 5.41 Å². The highest BCUT2D eigenvalue weighted by Gasteiger charge is 2.44. The Bertz CT molecular complexity index is 374. The molecule has 0 aromatic carbocycles. The third-order valence-electron chi connectivity index (χ3n) is 4.37. The molecule has 5 heteroatoms. The van der Waals surface area contributed by atoms with Gasteiger partial charge in [0.2, 0.25) is 5.91 Å². The van der Waals surface area contributed by atoms with E-state index in [1.807, 2.05) is 44.4 Å². The molecule has 1 aliphatic rings. The fourth-order valence-corrected chi connectivity index (χ4v) is 3.50. The summed E-state index contributed by atoms with van der Waals surface area (Å²) in [5, 5.41) is 9.51. The summed E-state index contributed by atoms with van der Waals surface area (Å²) in [4.78, 5) is 27.9. The molecule has 1 amide bonds. The van der Waals surface area contributed by atoms with Crippen LogP contribution in [-0.4, -0.2) is 58.5 Å². The number of aliphatic carboxylic acids is 1. The highest BCUT2D eigenvalue weighted by Crippen LogP contribution is 2.35. The topological polar surface area (TPSA) is 60.9 Å². The number of nitrogens with zero attached hydrogens (tertiary/aromatic N) is 2. The lowest BCUT2D eigenvalue weighted by Crippen LogP contribution is -2.47. The largest absolute Gasteiger partial charge is 0.481 e. The van der Waals surface area contributed by atoms with E-state index in [0.29, 0.717) is 32.5 Å². The van der Waals surface area contributed by atoms with Crippen LogP contribution in [0, 0.1) is 5.41 Å². The number of carboxylic acid groups (broad SMARTS) is 1. The second kappa shape index (κ2) is 7.25. The average molecular weight is 298 g/mol. The van der Waals surface area contributed by atoms with E-state index in [0.717, 1.165) is 6.42 Å². The van der Waals surface area contributed by atoms with Gasteiger partial charge in [-0.3, -0.25) is 14.5 Å². The van der Waals surface area contributed by atoms with Gasteiger partial charge in [-0.15, -0.1) is 0 Å². The van der Waals surface area contributed by atoms with Crippen LogP contribution < -0.4 is 0 Å². The summed E-state index contributed by atoms with van der Waals surface area (Å²) in [6.45, 7) is 11.6. The smallest absolute Gasteiger partial charge is 0.310 e. The number of hydrogen-bond acceptors (Lipinski definition) is 3. The molecule has 21 heavy (non-hydrogen) atoms. The molecule has 0 aliphatic carbocycles. The Morgan fingerprint density at radius 1 is 1.24 bits per heavy atom. The fourth-order valence-electron chi connectivity index (χ4n) is 3.50. The number of carboxylic acids is 1. The number of rotatable bonds is 7. The summed E-state index contributed by atoms with van der Waals surface area (Å²) in [5.74, 6) is -0.624. The van der Waals surface area contributed by atoms with Crippen LogP contribution in [0.25, 0.3) is 0 Å². The second-order valence-electron chi connectivity index (χ2n) is 6.78. The van der Waals surface area contributed by atoms with Crippen molar-refractivity contribution in [3.63, 3.8) is 0 Å². The van der Waals surface area contributed by atoms with Gasteiger partial charge >= 0.3 is 5.97 Å². The van der Waals surface area contributed by atoms with Gasteiger partial charge in [0.05, 0.1) is 12.0 Å². The maximum atomic E-state index is 12.5. The molecule has 0 spiro atoms. The molecule has 0 bridgehead atoms. The molecule has 122 valence electrons. The fraction of sp³-hybridized carbons (Fsp3) is 0.875. The van der Waals surface area contributed by atoms with E-state index in [2.05, 4.69) is 0 Å². The Kier molecular flexibility index (Phi) is 6.20. The van der Waals surface area contributed by atoms with Crippen molar-refractivity contribution >= 4 is 11.9 Å². The summed E-state index contributed by atoms with van der Waals surface area (Å²) in [6, 6.07) is 0.333. The predicted octanol–water partition coefficient (Wildman–Crippen LogP) is 2.21. The number of amides is 1. The van der Waals surface area contributed by atoms with Crippen LogP contribution in [0.3, 0.4) is 0 Å². The van der Waals surface area contributed by atoms with Crippen molar-refractivity contribution in [3.8, 4) is 0 Å². The van der Waals surface area contributed by atoms with Crippen LogP contribution in [0.5, 0.6) is 0 Å². The summed E-state index contributed by atoms with van der Waals surface area (Å²) in [5.41, 5.74) is -0.657. The number of likely N-dealkylation sites (tertiary alicyclic amines) is 1. The molecule has 1 rings (SSSR count). The maximum absolute atomic E-state index is 12.5. The molecule has 1 N–H and O–H groups in total. The van der Waals surface area contributed by atoms with Crippen molar-refractivity contribution < 1.29 is 14.7 Å². The van der Waals surface area contributed by atoms with E-state index in [-0.39, 0.29) is 18.0 Å². The van der Waals surface area contributed by atoms with Crippen LogP contribution in [-0.2, 0) is 9.59 Å². The van der Waals surface area contributed by atoms with Gasteiger partial charge in [0.15, 0.2) is 0 Å². The van der Waals surface area contributed by atoms with E-state index in [4.69, 9.17) is 0 Å². The van der Waals surface area contributed by atoms with Crippen LogP contribution in [0.2, 0.25) is 0 Å². The molecule has 1 fully saturated rings. The third kappa shape index (κ3) is 4.19. The highest BCUT2D eigenvalue weighted by molar-refractivity contribution is 5.79. The normalized spacial score (nSPS) is 23.0. The monoisotopic (exact) mass is 298 g/mol. The Hall–Kier alpha value is -1.10. The minimum Gasteiger partial charge on any atom is -0.481 e. The van der Waals surface area contributed by atoms with E-state index in [9.17, 15) is 14.7 Å². The van der Waals surface area contributed by atoms with Gasteiger partial charge < -0.3 is 10.0 Å². The van der Waals surface area contributed by atoms with Crippen molar-refractivity contribution in [2.75, 3.05) is 19.6 Å². The SMILES string of the molecule is CCCC1(C(=O)O)CCN(CC(=O)N(C(C)C)C(C)C)C1. The first-order valence-electron chi connectivity index (χ1n) is 8.00. The second-order valence-corrected chi connectivity index (χ2v) is 6.78. The van der Waals surface area contributed by atoms with Gasteiger partial charge in [0, 0.05) is 18.6 Å². The van der Waals surface area contributed by atoms with Crippen molar-refractivity contribution in [3.05, 3.63) is 0 Å². The summed E-state index contributed by atoms with van der Waals surface area (Å²) < 4.78 is 0. The minimum atomic E-state index is -0.719. The summed E-state index contributed by atoms with van der Waals surface area (Å²) in [6.07, 6.45) is 2.19. The molecular weight excluding hydrogens is 268 g/mol. The highest BCUT2D eigenvalue weighted by atomic mass is 16.4. The molecular formula is C16H30N2O3. The van der Waals surface area contributed by atoms with E-state index in [1.165, 1.54) is 0 Å². The van der Waals surface area contributed by atoms with Gasteiger partial charge in [-0.1, -0.05) is 13.3 Å². The van der Waals surface area contributed by atoms with E-state index < -0.39 is 11.4 Å². The lowest BCUT2D eigenvalue weighted by atomic mass is 9.83. The van der Waals surface area contributed by atoms with Crippen LogP contribution in [0.4, 0.5) is 0 Å². The first-order valence-corrected chi connectivity index (χ1v) is 8.00. The van der Waals surface area contributed by atoms with Crippen LogP contribution in [0.1, 0.15) is 53.9 Å². The van der Waals surface area contributed by atoms with Crippen LogP contribution in [0.15, 0.2) is 0 Å². The average Bonchev–Trinajstić information content (AvgIpc) is 2.72. The van der Waals surface area contributed by atoms with Gasteiger partial charge in [-0.05, 0) is 47.1 Å². The lowest BCUT2D eigenvalue weighted by Gasteiger charge is -2.32. The van der Waals surface area contributed by atoms with Crippen molar-refractivity contribution in [1.29, 1.82) is 0 Å². The predicted molar refractivity (Wildman–Crippen MR) is 83.2 cm³/mol. The zero-order valence-corrected chi connectivity index (χ0v) is 14.1. The molecule has 5 nitrogen and oxygen atoms in total. The third-order valence-corrected chi connectivity index (χ3v) is 4.37. The molecule has 0 aromatic rings.